The van der Waals surface area contributed by atoms with E-state index in [4.69, 9.17) is 0 Å². The van der Waals surface area contributed by atoms with Crippen molar-refractivity contribution in [2.75, 3.05) is 0 Å². The molecule has 1 N–H and O–H groups in total. The van der Waals surface area contributed by atoms with E-state index >= 15 is 0 Å². The van der Waals surface area contributed by atoms with Gasteiger partial charge in [-0.1, -0.05) is 12.1 Å². The molecule has 0 saturated heterocycles. The summed E-state index contributed by atoms with van der Waals surface area (Å²) in [6.07, 6.45) is -2.50. The molecular formula is C19H20F3N5O3. The molecule has 160 valence electrons. The van der Waals surface area contributed by atoms with Crippen molar-refractivity contribution >= 4 is 17.1 Å². The molecule has 3 aromatic rings. The normalized spacial score (nSPS) is 11.8. The van der Waals surface area contributed by atoms with Gasteiger partial charge in [0.15, 0.2) is 11.2 Å². The van der Waals surface area contributed by atoms with Crippen molar-refractivity contribution in [1.29, 1.82) is 0 Å². The number of aryl methyl sites for hydroxylation is 2. The van der Waals surface area contributed by atoms with Gasteiger partial charge in [-0.15, -0.1) is 0 Å². The van der Waals surface area contributed by atoms with Gasteiger partial charge in [-0.3, -0.25) is 18.7 Å². The molecule has 0 aliphatic carbocycles. The Labute approximate surface area is 168 Å². The van der Waals surface area contributed by atoms with Gasteiger partial charge in [0.2, 0.25) is 5.91 Å². The van der Waals surface area contributed by atoms with Gasteiger partial charge in [0.05, 0.1) is 11.9 Å². The number of benzene rings is 1. The van der Waals surface area contributed by atoms with E-state index in [9.17, 15) is 27.6 Å². The number of carbonyl (C=O) groups is 1. The first kappa shape index (κ1) is 21.3. The highest BCUT2D eigenvalue weighted by Gasteiger charge is 2.30. The predicted octanol–water partition coefficient (Wildman–Crippen LogP) is 1.55. The monoisotopic (exact) mass is 423 g/mol. The third-order valence-electron chi connectivity index (χ3n) is 4.76. The van der Waals surface area contributed by atoms with E-state index in [0.29, 0.717) is 18.5 Å². The number of fused-ring (bicyclic) bond motifs is 1. The van der Waals surface area contributed by atoms with Crippen LogP contribution in [0.4, 0.5) is 13.2 Å². The van der Waals surface area contributed by atoms with Gasteiger partial charge in [-0.2, -0.15) is 13.2 Å². The van der Waals surface area contributed by atoms with Crippen LogP contribution in [-0.4, -0.2) is 24.6 Å². The number of aromatic nitrogens is 4. The van der Waals surface area contributed by atoms with E-state index in [1.54, 1.807) is 4.57 Å². The molecule has 0 unspecified atom stereocenters. The van der Waals surface area contributed by atoms with Crippen LogP contribution in [-0.2, 0) is 38.2 Å². The van der Waals surface area contributed by atoms with Crippen molar-refractivity contribution in [2.45, 2.75) is 32.1 Å². The van der Waals surface area contributed by atoms with Crippen molar-refractivity contribution in [2.24, 2.45) is 14.1 Å². The Morgan fingerprint density at radius 1 is 1.17 bits per heavy atom. The van der Waals surface area contributed by atoms with E-state index in [1.807, 2.05) is 0 Å². The van der Waals surface area contributed by atoms with Crippen molar-refractivity contribution in [3.63, 3.8) is 0 Å². The summed E-state index contributed by atoms with van der Waals surface area (Å²) in [5.74, 6) is -0.322. The zero-order valence-electron chi connectivity index (χ0n) is 16.4. The minimum atomic E-state index is -4.44. The maximum absolute atomic E-state index is 12.7. The molecule has 0 bridgehead atoms. The van der Waals surface area contributed by atoms with E-state index in [1.165, 1.54) is 37.1 Å². The van der Waals surface area contributed by atoms with Gasteiger partial charge in [-0.05, 0) is 24.1 Å². The summed E-state index contributed by atoms with van der Waals surface area (Å²) in [5, 5.41) is 2.59. The first-order valence-electron chi connectivity index (χ1n) is 9.13. The number of nitrogens with one attached hydrogen (secondary N) is 1. The fraction of sp³-hybridized carbons (Fsp3) is 0.368. The Morgan fingerprint density at radius 2 is 1.90 bits per heavy atom. The molecule has 8 nitrogen and oxygen atoms in total. The second kappa shape index (κ2) is 8.17. The average Bonchev–Trinajstić information content (AvgIpc) is 3.13. The average molecular weight is 423 g/mol. The number of alkyl halides is 3. The van der Waals surface area contributed by atoms with Crippen LogP contribution in [0.2, 0.25) is 0 Å². The fourth-order valence-electron chi connectivity index (χ4n) is 3.12. The number of halogens is 3. The molecule has 0 atom stereocenters. The van der Waals surface area contributed by atoms with Gasteiger partial charge in [0, 0.05) is 33.6 Å². The number of nitrogens with zero attached hydrogens (tertiary/aromatic N) is 4. The third-order valence-corrected chi connectivity index (χ3v) is 4.76. The SMILES string of the molecule is Cn1c(=O)c2c(ncn2CCCC(=O)NCc2cccc(C(F)(F)F)c2)n(C)c1=O. The van der Waals surface area contributed by atoms with Crippen LogP contribution in [0.15, 0.2) is 40.2 Å². The van der Waals surface area contributed by atoms with Crippen LogP contribution in [0, 0.1) is 0 Å². The molecule has 0 saturated carbocycles. The Kier molecular flexibility index (Phi) is 5.81. The van der Waals surface area contributed by atoms with Crippen LogP contribution in [0.5, 0.6) is 0 Å². The van der Waals surface area contributed by atoms with Crippen molar-refractivity contribution in [1.82, 2.24) is 24.0 Å². The lowest BCUT2D eigenvalue weighted by atomic mass is 10.1. The minimum absolute atomic E-state index is 0.0145. The maximum Gasteiger partial charge on any atom is 0.416 e. The summed E-state index contributed by atoms with van der Waals surface area (Å²) in [6, 6.07) is 4.77. The summed E-state index contributed by atoms with van der Waals surface area (Å²) in [7, 11) is 2.89. The van der Waals surface area contributed by atoms with Crippen LogP contribution in [0.25, 0.3) is 11.2 Å². The lowest BCUT2D eigenvalue weighted by molar-refractivity contribution is -0.137. The molecule has 3 rings (SSSR count). The van der Waals surface area contributed by atoms with Crippen LogP contribution >= 0.6 is 0 Å². The van der Waals surface area contributed by atoms with E-state index in [2.05, 4.69) is 10.3 Å². The highest BCUT2D eigenvalue weighted by atomic mass is 19.4. The summed E-state index contributed by atoms with van der Waals surface area (Å²) < 4.78 is 42.1. The second-order valence-electron chi connectivity index (χ2n) is 6.89. The van der Waals surface area contributed by atoms with Crippen LogP contribution in [0.3, 0.4) is 0 Å². The molecule has 0 spiro atoms. The van der Waals surface area contributed by atoms with Gasteiger partial charge >= 0.3 is 11.9 Å². The quantitative estimate of drug-likeness (QED) is 0.651. The number of imidazole rings is 1. The second-order valence-corrected chi connectivity index (χ2v) is 6.89. The summed E-state index contributed by atoms with van der Waals surface area (Å²) in [6.45, 7) is 0.306. The molecular weight excluding hydrogens is 403 g/mol. The van der Waals surface area contributed by atoms with E-state index < -0.39 is 23.0 Å². The largest absolute Gasteiger partial charge is 0.416 e. The Hall–Kier alpha value is -3.37. The molecule has 2 aromatic heterocycles. The van der Waals surface area contributed by atoms with E-state index in [0.717, 1.165) is 16.7 Å². The van der Waals surface area contributed by atoms with Gasteiger partial charge in [-0.25, -0.2) is 9.78 Å². The molecule has 1 aromatic carbocycles. The smallest absolute Gasteiger partial charge is 0.352 e. The zero-order chi connectivity index (χ0) is 22.1. The first-order chi connectivity index (χ1) is 14.1. The summed E-state index contributed by atoms with van der Waals surface area (Å²) in [4.78, 5) is 40.5. The Bertz CT molecular complexity index is 1210. The molecule has 1 amide bonds. The van der Waals surface area contributed by atoms with E-state index in [-0.39, 0.29) is 30.0 Å². The predicted molar refractivity (Wildman–Crippen MR) is 103 cm³/mol. The molecule has 2 heterocycles. The highest BCUT2D eigenvalue weighted by Crippen LogP contribution is 2.29. The minimum Gasteiger partial charge on any atom is -0.352 e. The molecule has 0 aliphatic rings. The first-order valence-corrected chi connectivity index (χ1v) is 9.13. The molecule has 0 radical (unpaired) electrons. The summed E-state index contributed by atoms with van der Waals surface area (Å²) in [5.41, 5.74) is -0.840. The lowest BCUT2D eigenvalue weighted by Crippen LogP contribution is -2.37. The number of hydrogen-bond acceptors (Lipinski definition) is 4. The zero-order valence-corrected chi connectivity index (χ0v) is 16.4. The number of hydrogen-bond donors (Lipinski definition) is 1. The Balaban J connectivity index is 1.59. The maximum atomic E-state index is 12.7. The number of rotatable bonds is 6. The number of carbonyl (C=O) groups excluding carboxylic acids is 1. The van der Waals surface area contributed by atoms with Crippen LogP contribution < -0.4 is 16.6 Å². The topological polar surface area (TPSA) is 90.9 Å². The van der Waals surface area contributed by atoms with Gasteiger partial charge in [0.1, 0.15) is 0 Å². The third kappa shape index (κ3) is 4.29. The lowest BCUT2D eigenvalue weighted by Gasteiger charge is -2.10. The number of amides is 1. The molecule has 0 aliphatic heterocycles. The van der Waals surface area contributed by atoms with Crippen molar-refractivity contribution < 1.29 is 18.0 Å². The fourth-order valence-corrected chi connectivity index (χ4v) is 3.12. The molecule has 11 heteroatoms. The van der Waals surface area contributed by atoms with Crippen molar-refractivity contribution in [3.8, 4) is 0 Å². The van der Waals surface area contributed by atoms with Gasteiger partial charge in [0.25, 0.3) is 5.56 Å². The highest BCUT2D eigenvalue weighted by molar-refractivity contribution is 5.76. The summed E-state index contributed by atoms with van der Waals surface area (Å²) >= 11 is 0. The molecule has 30 heavy (non-hydrogen) atoms. The standard InChI is InChI=1S/C19H20F3N5O3/c1-25-16-15(17(29)26(2)18(25)30)27(11-24-16)8-4-7-14(28)23-10-12-5-3-6-13(9-12)19(20,21)22/h3,5-6,9,11H,4,7-8,10H2,1-2H3,(H,23,28). The van der Waals surface area contributed by atoms with Gasteiger partial charge < -0.3 is 9.88 Å². The van der Waals surface area contributed by atoms with Crippen LogP contribution in [0.1, 0.15) is 24.0 Å². The Morgan fingerprint density at radius 3 is 2.60 bits per heavy atom. The molecule has 0 fully saturated rings. The van der Waals surface area contributed by atoms with Crippen molar-refractivity contribution in [3.05, 3.63) is 62.6 Å².